The normalized spacial score (nSPS) is 24.1. The van der Waals surface area contributed by atoms with E-state index in [1.54, 1.807) is 30.3 Å². The zero-order valence-electron chi connectivity index (χ0n) is 18.4. The van der Waals surface area contributed by atoms with Crippen molar-refractivity contribution < 1.29 is 23.4 Å². The predicted octanol–water partition coefficient (Wildman–Crippen LogP) is 4.95. The number of amides is 1. The zero-order chi connectivity index (χ0) is 23.9. The molecule has 0 spiro atoms. The van der Waals surface area contributed by atoms with Crippen LogP contribution in [0.4, 0.5) is 4.39 Å². The number of ether oxygens (including phenoxy) is 1. The van der Waals surface area contributed by atoms with Crippen LogP contribution in [0.25, 0.3) is 11.0 Å². The summed E-state index contributed by atoms with van der Waals surface area (Å²) in [5.74, 6) is -0.186. The molecule has 1 amide bonds. The number of furan rings is 1. The van der Waals surface area contributed by atoms with Crippen LogP contribution in [0.2, 0.25) is 10.0 Å². The summed E-state index contributed by atoms with van der Waals surface area (Å²) >= 11 is 11.7. The van der Waals surface area contributed by atoms with Crippen LogP contribution in [0, 0.1) is 11.2 Å². The van der Waals surface area contributed by atoms with Gasteiger partial charge >= 0.3 is 0 Å². The lowest BCUT2D eigenvalue weighted by Crippen LogP contribution is -2.58. The molecule has 1 atom stereocenters. The number of rotatable bonds is 9. The lowest BCUT2D eigenvalue weighted by Gasteiger charge is -2.48. The Hall–Kier alpha value is -2.32. The molecule has 0 radical (unpaired) electrons. The van der Waals surface area contributed by atoms with Crippen LogP contribution in [-0.4, -0.2) is 42.4 Å². The Bertz CT molecular complexity index is 1220. The average molecular weight is 507 g/mol. The fourth-order valence-electron chi connectivity index (χ4n) is 5.30. The minimum absolute atomic E-state index is 0.0196. The number of carbonyl (C=O) groups is 1. The summed E-state index contributed by atoms with van der Waals surface area (Å²) in [6, 6.07) is 11.1. The van der Waals surface area contributed by atoms with Crippen LogP contribution < -0.4 is 15.4 Å². The van der Waals surface area contributed by atoms with E-state index in [1.165, 1.54) is 12.1 Å². The molecule has 1 unspecified atom stereocenters. The Balaban J connectivity index is 1.07. The predicted molar refractivity (Wildman–Crippen MR) is 128 cm³/mol. The molecule has 3 saturated carbocycles. The van der Waals surface area contributed by atoms with Gasteiger partial charge in [-0.05, 0) is 67.5 Å². The molecule has 1 aromatic heterocycles. The topological polar surface area (TPSA) is 83.7 Å². The molecule has 1 heterocycles. The lowest BCUT2D eigenvalue weighted by atomic mass is 9.65. The maximum Gasteiger partial charge on any atom is 0.287 e. The molecule has 34 heavy (non-hydrogen) atoms. The van der Waals surface area contributed by atoms with Gasteiger partial charge in [-0.25, -0.2) is 4.39 Å². The lowest BCUT2D eigenvalue weighted by molar-refractivity contribution is 0.0511. The second kappa shape index (κ2) is 9.04. The van der Waals surface area contributed by atoms with E-state index in [9.17, 15) is 14.3 Å². The first-order valence-corrected chi connectivity index (χ1v) is 12.0. The molecule has 3 aliphatic rings. The van der Waals surface area contributed by atoms with Crippen LogP contribution in [-0.2, 0) is 0 Å². The van der Waals surface area contributed by atoms with Gasteiger partial charge in [-0.15, -0.1) is 0 Å². The summed E-state index contributed by atoms with van der Waals surface area (Å²) in [6.45, 7) is 1.01. The van der Waals surface area contributed by atoms with E-state index >= 15 is 0 Å². The highest BCUT2D eigenvalue weighted by molar-refractivity contribution is 6.31. The molecule has 0 aliphatic heterocycles. The summed E-state index contributed by atoms with van der Waals surface area (Å²) in [4.78, 5) is 12.6. The Morgan fingerprint density at radius 1 is 1.18 bits per heavy atom. The summed E-state index contributed by atoms with van der Waals surface area (Å²) in [5.41, 5.74) is 0.679. The smallest absolute Gasteiger partial charge is 0.287 e. The van der Waals surface area contributed by atoms with Crippen LogP contribution in [0.1, 0.15) is 36.2 Å². The van der Waals surface area contributed by atoms with E-state index in [4.69, 9.17) is 32.4 Å². The van der Waals surface area contributed by atoms with E-state index in [0.29, 0.717) is 29.4 Å². The zero-order valence-corrected chi connectivity index (χ0v) is 19.9. The molecule has 6 rings (SSSR count). The average Bonchev–Trinajstić information content (AvgIpc) is 3.48. The Morgan fingerprint density at radius 2 is 2.00 bits per heavy atom. The number of hydrogen-bond acceptors (Lipinski definition) is 5. The van der Waals surface area contributed by atoms with Gasteiger partial charge in [0, 0.05) is 35.1 Å². The van der Waals surface area contributed by atoms with E-state index in [1.807, 2.05) is 0 Å². The maximum atomic E-state index is 13.5. The van der Waals surface area contributed by atoms with Gasteiger partial charge in [0.2, 0.25) is 0 Å². The van der Waals surface area contributed by atoms with Gasteiger partial charge in [0.25, 0.3) is 5.91 Å². The highest BCUT2D eigenvalue weighted by Gasteiger charge is 2.60. The second-order valence-corrected chi connectivity index (χ2v) is 10.4. The standard InChI is InChI=1S/C25H25Cl2FN2O4/c26-16-1-4-21-15(7-16)8-22(34-21)23(32)29-14-24-5-6-25(12-24,13-24)30-10-17(31)11-33-18-2-3-19(27)20(28)9-18/h1-4,7-9,17,30-31H,5-6,10-14H2,(H,29,32). The van der Waals surface area contributed by atoms with Crippen LogP contribution in [0.3, 0.4) is 0 Å². The minimum atomic E-state index is -0.731. The first-order valence-electron chi connectivity index (χ1n) is 11.2. The van der Waals surface area contributed by atoms with Gasteiger partial charge in [0.05, 0.1) is 5.02 Å². The molecule has 2 bridgehead atoms. The largest absolute Gasteiger partial charge is 0.491 e. The Morgan fingerprint density at radius 3 is 2.79 bits per heavy atom. The summed E-state index contributed by atoms with van der Waals surface area (Å²) in [7, 11) is 0. The Kier molecular flexibility index (Phi) is 6.23. The highest BCUT2D eigenvalue weighted by atomic mass is 35.5. The fraction of sp³-hybridized carbons (Fsp3) is 0.400. The van der Waals surface area contributed by atoms with E-state index in [2.05, 4.69) is 10.6 Å². The Labute approximate surface area is 206 Å². The summed E-state index contributed by atoms with van der Waals surface area (Å²) < 4.78 is 24.6. The molecule has 3 aromatic rings. The molecule has 6 nitrogen and oxygen atoms in total. The van der Waals surface area contributed by atoms with Gasteiger partial charge in [-0.1, -0.05) is 23.2 Å². The third-order valence-electron chi connectivity index (χ3n) is 6.93. The molecule has 0 saturated heterocycles. The SMILES string of the molecule is O=C(NCC12CCC(NCC(O)COc3ccc(Cl)c(F)c3)(C1)C2)c1cc2cc(Cl)ccc2o1. The first kappa shape index (κ1) is 23.4. The third-order valence-corrected chi connectivity index (χ3v) is 7.47. The van der Waals surface area contributed by atoms with Crippen molar-refractivity contribution in [2.75, 3.05) is 19.7 Å². The van der Waals surface area contributed by atoms with Crippen molar-refractivity contribution in [3.8, 4) is 5.75 Å². The number of carbonyl (C=O) groups excluding carboxylic acids is 1. The first-order chi connectivity index (χ1) is 16.2. The van der Waals surface area contributed by atoms with Crippen molar-refractivity contribution in [1.82, 2.24) is 10.6 Å². The van der Waals surface area contributed by atoms with Gasteiger partial charge in [-0.2, -0.15) is 0 Å². The van der Waals surface area contributed by atoms with Crippen molar-refractivity contribution in [2.24, 2.45) is 5.41 Å². The van der Waals surface area contributed by atoms with Crippen molar-refractivity contribution in [3.63, 3.8) is 0 Å². The molecular weight excluding hydrogens is 482 g/mol. The molecule has 3 aliphatic carbocycles. The van der Waals surface area contributed by atoms with Crippen LogP contribution in [0.5, 0.6) is 5.75 Å². The van der Waals surface area contributed by atoms with Gasteiger partial charge in [0.15, 0.2) is 5.76 Å². The molecule has 9 heteroatoms. The van der Waals surface area contributed by atoms with E-state index < -0.39 is 11.9 Å². The van der Waals surface area contributed by atoms with Crippen molar-refractivity contribution in [3.05, 3.63) is 64.1 Å². The monoisotopic (exact) mass is 506 g/mol. The maximum absolute atomic E-state index is 13.5. The third kappa shape index (κ3) is 4.75. The van der Waals surface area contributed by atoms with Gasteiger partial charge < -0.3 is 24.9 Å². The molecular formula is C25H25Cl2FN2O4. The minimum Gasteiger partial charge on any atom is -0.491 e. The number of β-amino-alcohol motifs (C(OH)–C–C–N with tert-alkyl or cyclic N) is 1. The number of hydrogen-bond donors (Lipinski definition) is 3. The van der Waals surface area contributed by atoms with E-state index in [-0.39, 0.29) is 34.3 Å². The number of halogens is 3. The van der Waals surface area contributed by atoms with E-state index in [0.717, 1.165) is 31.1 Å². The van der Waals surface area contributed by atoms with Gasteiger partial charge in [0.1, 0.15) is 29.9 Å². The molecule has 3 N–H and O–H groups in total. The number of nitrogens with one attached hydrogen (secondary N) is 2. The number of fused-ring (bicyclic) bond motifs is 2. The van der Waals surface area contributed by atoms with Crippen LogP contribution >= 0.6 is 23.2 Å². The second-order valence-electron chi connectivity index (χ2n) is 9.53. The van der Waals surface area contributed by atoms with Crippen molar-refractivity contribution >= 4 is 40.1 Å². The molecule has 2 aromatic carbocycles. The molecule has 3 fully saturated rings. The highest BCUT2D eigenvalue weighted by Crippen LogP contribution is 2.61. The number of aliphatic hydroxyl groups excluding tert-OH is 1. The summed E-state index contributed by atoms with van der Waals surface area (Å²) in [5, 5.41) is 18.2. The quantitative estimate of drug-likeness (QED) is 0.382. The van der Waals surface area contributed by atoms with Crippen molar-refractivity contribution in [1.29, 1.82) is 0 Å². The van der Waals surface area contributed by atoms with Crippen molar-refractivity contribution in [2.45, 2.75) is 37.3 Å². The number of aliphatic hydroxyl groups is 1. The van der Waals surface area contributed by atoms with Crippen LogP contribution in [0.15, 0.2) is 46.9 Å². The van der Waals surface area contributed by atoms with Gasteiger partial charge in [-0.3, -0.25) is 4.79 Å². The number of benzene rings is 2. The molecule has 180 valence electrons. The fourth-order valence-corrected chi connectivity index (χ4v) is 5.60. The summed E-state index contributed by atoms with van der Waals surface area (Å²) in [6.07, 6.45) is 3.14.